The summed E-state index contributed by atoms with van der Waals surface area (Å²) in [6.07, 6.45) is -5.50. The van der Waals surface area contributed by atoms with Crippen molar-refractivity contribution in [1.82, 2.24) is 0 Å². The van der Waals surface area contributed by atoms with Crippen molar-refractivity contribution in [2.45, 2.75) is 26.1 Å². The Morgan fingerprint density at radius 2 is 1.63 bits per heavy atom. The van der Waals surface area contributed by atoms with Crippen LogP contribution in [0.5, 0.6) is 0 Å². The molecule has 0 aromatic heterocycles. The summed E-state index contributed by atoms with van der Waals surface area (Å²) in [5, 5.41) is 15.6. The number of hydrogen-bond acceptors (Lipinski definition) is 3. The molecule has 4 aromatic rings. The predicted octanol–water partition coefficient (Wildman–Crippen LogP) is 8.62. The van der Waals surface area contributed by atoms with Gasteiger partial charge in [-0.05, 0) is 66.1 Å². The van der Waals surface area contributed by atoms with Crippen LogP contribution in [-0.4, -0.2) is 29.8 Å². The number of hydrogen-bond donors (Lipinski definition) is 3. The van der Waals surface area contributed by atoms with Crippen LogP contribution in [0.4, 0.5) is 35.0 Å². The van der Waals surface area contributed by atoms with Gasteiger partial charge in [-0.3, -0.25) is 0 Å². The molecule has 4 aromatic carbocycles. The van der Waals surface area contributed by atoms with E-state index in [0.717, 1.165) is 5.56 Å². The summed E-state index contributed by atoms with van der Waals surface area (Å²) in [4.78, 5) is 26.4. The summed E-state index contributed by atoms with van der Waals surface area (Å²) >= 11 is 6.13. The number of rotatable bonds is 9. The lowest BCUT2D eigenvalue weighted by Crippen LogP contribution is -2.29. The van der Waals surface area contributed by atoms with Crippen LogP contribution in [0.2, 0.25) is 5.02 Å². The number of alkyl halides is 3. The molecule has 0 aliphatic rings. The Balaban J connectivity index is 1.77. The predicted molar refractivity (Wildman–Crippen MR) is 156 cm³/mol. The van der Waals surface area contributed by atoms with Crippen molar-refractivity contribution in [1.29, 1.82) is 0 Å². The summed E-state index contributed by atoms with van der Waals surface area (Å²) in [5.74, 6) is -1.14. The fourth-order valence-corrected chi connectivity index (χ4v) is 4.54. The molecule has 212 valence electrons. The minimum Gasteiger partial charge on any atom is -0.478 e. The lowest BCUT2D eigenvalue weighted by Gasteiger charge is -2.28. The molecule has 2 amide bonds. The fourth-order valence-electron chi connectivity index (χ4n) is 4.32. The number of carbonyl (C=O) groups is 2. The zero-order valence-corrected chi connectivity index (χ0v) is 22.8. The SMILES string of the molecule is Cc1ccc(NC(=O)Nc2cc(-c3ccccc3C(=O)O)ccc2N(CCC(F)(F)F)Cc2cccc(Cl)c2)cc1. The maximum atomic E-state index is 13.3. The van der Waals surface area contributed by atoms with Crippen molar-refractivity contribution in [3.8, 4) is 11.1 Å². The van der Waals surface area contributed by atoms with Crippen LogP contribution in [0.1, 0.15) is 27.9 Å². The van der Waals surface area contributed by atoms with Gasteiger partial charge in [0.1, 0.15) is 0 Å². The first-order chi connectivity index (χ1) is 19.5. The monoisotopic (exact) mass is 581 g/mol. The summed E-state index contributed by atoms with van der Waals surface area (Å²) in [6, 6.07) is 24.4. The highest BCUT2D eigenvalue weighted by Crippen LogP contribution is 2.35. The molecule has 0 saturated heterocycles. The Bertz CT molecular complexity index is 1540. The smallest absolute Gasteiger partial charge is 0.390 e. The molecule has 3 N–H and O–H groups in total. The first kappa shape index (κ1) is 29.5. The molecule has 0 atom stereocenters. The van der Waals surface area contributed by atoms with Crippen LogP contribution in [-0.2, 0) is 6.54 Å². The topological polar surface area (TPSA) is 81.7 Å². The lowest BCUT2D eigenvalue weighted by molar-refractivity contribution is -0.132. The minimum atomic E-state index is -4.41. The van der Waals surface area contributed by atoms with Crippen molar-refractivity contribution >= 4 is 40.7 Å². The van der Waals surface area contributed by atoms with Crippen molar-refractivity contribution in [3.05, 3.63) is 113 Å². The number of urea groups is 1. The zero-order valence-electron chi connectivity index (χ0n) is 22.0. The Kier molecular flexibility index (Phi) is 9.19. The van der Waals surface area contributed by atoms with Gasteiger partial charge in [-0.15, -0.1) is 0 Å². The summed E-state index contributed by atoms with van der Waals surface area (Å²) in [5.41, 5.74) is 3.64. The van der Waals surface area contributed by atoms with Crippen LogP contribution < -0.4 is 15.5 Å². The Morgan fingerprint density at radius 1 is 0.902 bits per heavy atom. The van der Waals surface area contributed by atoms with E-state index in [2.05, 4.69) is 10.6 Å². The van der Waals surface area contributed by atoms with E-state index in [9.17, 15) is 27.9 Å². The lowest BCUT2D eigenvalue weighted by atomic mass is 9.98. The number of aromatic carboxylic acids is 1. The molecule has 10 heteroatoms. The van der Waals surface area contributed by atoms with Gasteiger partial charge in [0.15, 0.2) is 0 Å². The zero-order chi connectivity index (χ0) is 29.6. The quantitative estimate of drug-likeness (QED) is 0.185. The molecular formula is C31H27ClF3N3O3. The molecule has 4 rings (SSSR count). The first-order valence-electron chi connectivity index (χ1n) is 12.7. The number of halogens is 4. The second kappa shape index (κ2) is 12.8. The summed E-state index contributed by atoms with van der Waals surface area (Å²) in [6.45, 7) is 1.59. The second-order valence-electron chi connectivity index (χ2n) is 9.44. The van der Waals surface area contributed by atoms with Gasteiger partial charge in [0.2, 0.25) is 0 Å². The van der Waals surface area contributed by atoms with Gasteiger partial charge in [0, 0.05) is 23.8 Å². The minimum absolute atomic E-state index is 0.0446. The van der Waals surface area contributed by atoms with Gasteiger partial charge in [-0.2, -0.15) is 13.2 Å². The number of nitrogens with zero attached hydrogens (tertiary/aromatic N) is 1. The molecule has 0 aliphatic carbocycles. The number of carboxylic acids is 1. The molecule has 0 fully saturated rings. The highest BCUT2D eigenvalue weighted by atomic mass is 35.5. The van der Waals surface area contributed by atoms with Crippen LogP contribution >= 0.6 is 11.6 Å². The molecular weight excluding hydrogens is 555 g/mol. The van der Waals surface area contributed by atoms with Gasteiger partial charge in [0.25, 0.3) is 0 Å². The van der Waals surface area contributed by atoms with Crippen molar-refractivity contribution in [2.75, 3.05) is 22.1 Å². The second-order valence-corrected chi connectivity index (χ2v) is 9.88. The van der Waals surface area contributed by atoms with E-state index in [1.807, 2.05) is 19.1 Å². The van der Waals surface area contributed by atoms with Crippen LogP contribution in [0.15, 0.2) is 91.0 Å². The van der Waals surface area contributed by atoms with Crippen LogP contribution in [0.25, 0.3) is 11.1 Å². The van der Waals surface area contributed by atoms with Crippen molar-refractivity contribution in [3.63, 3.8) is 0 Å². The van der Waals surface area contributed by atoms with Gasteiger partial charge >= 0.3 is 18.2 Å². The summed E-state index contributed by atoms with van der Waals surface area (Å²) in [7, 11) is 0. The van der Waals surface area contributed by atoms with E-state index in [1.54, 1.807) is 72.8 Å². The van der Waals surface area contributed by atoms with Gasteiger partial charge in [0.05, 0.1) is 23.4 Å². The Hall–Kier alpha value is -4.50. The number of nitrogens with one attached hydrogen (secondary N) is 2. The number of aryl methyl sites for hydroxylation is 1. The van der Waals surface area contributed by atoms with E-state index in [-0.39, 0.29) is 17.8 Å². The van der Waals surface area contributed by atoms with Gasteiger partial charge in [-0.1, -0.05) is 65.7 Å². The first-order valence-corrected chi connectivity index (χ1v) is 13.0. The standard InChI is InChI=1S/C31H27ClF3N3O3/c1-20-9-12-24(13-10-20)36-30(41)37-27-18-22(25-7-2-3-8-26(25)29(39)40)11-14-28(27)38(16-15-31(33,34)35)19-21-5-4-6-23(32)17-21/h2-14,17-18H,15-16,19H2,1H3,(H,39,40)(H2,36,37,41). The number of carboxylic acid groups (broad SMARTS) is 1. The third-order valence-electron chi connectivity index (χ3n) is 6.29. The van der Waals surface area contributed by atoms with Crippen molar-refractivity contribution < 1.29 is 27.9 Å². The van der Waals surface area contributed by atoms with Gasteiger partial charge < -0.3 is 20.6 Å². The largest absolute Gasteiger partial charge is 0.478 e. The molecule has 0 bridgehead atoms. The average Bonchev–Trinajstić information content (AvgIpc) is 2.92. The van der Waals surface area contributed by atoms with E-state index in [1.165, 1.54) is 11.0 Å². The third kappa shape index (κ3) is 8.25. The Morgan fingerprint density at radius 3 is 2.32 bits per heavy atom. The molecule has 0 unspecified atom stereocenters. The van der Waals surface area contributed by atoms with Crippen molar-refractivity contribution in [2.24, 2.45) is 0 Å². The molecule has 0 spiro atoms. The maximum absolute atomic E-state index is 13.3. The fraction of sp³-hybridized carbons (Fsp3) is 0.161. The number of carbonyl (C=O) groups excluding carboxylic acids is 1. The van der Waals surface area contributed by atoms with E-state index >= 15 is 0 Å². The number of benzene rings is 4. The van der Waals surface area contributed by atoms with E-state index < -0.39 is 31.1 Å². The number of amides is 2. The molecule has 0 aliphatic heterocycles. The molecule has 0 heterocycles. The molecule has 0 saturated carbocycles. The normalized spacial score (nSPS) is 11.1. The van der Waals surface area contributed by atoms with Gasteiger partial charge in [-0.25, -0.2) is 9.59 Å². The van der Waals surface area contributed by atoms with Crippen LogP contribution in [0, 0.1) is 6.92 Å². The van der Waals surface area contributed by atoms with E-state index in [4.69, 9.17) is 11.6 Å². The maximum Gasteiger partial charge on any atom is 0.390 e. The molecule has 0 radical (unpaired) electrons. The highest BCUT2D eigenvalue weighted by molar-refractivity contribution is 6.30. The summed E-state index contributed by atoms with van der Waals surface area (Å²) < 4.78 is 40.0. The molecule has 6 nitrogen and oxygen atoms in total. The van der Waals surface area contributed by atoms with Crippen LogP contribution in [0.3, 0.4) is 0 Å². The van der Waals surface area contributed by atoms with E-state index in [0.29, 0.717) is 33.1 Å². The number of anilines is 3. The molecule has 41 heavy (non-hydrogen) atoms. The average molecular weight is 582 g/mol. The third-order valence-corrected chi connectivity index (χ3v) is 6.53. The highest BCUT2D eigenvalue weighted by Gasteiger charge is 2.29. The Labute approximate surface area is 240 Å².